The Kier molecular flexibility index (Phi) is 7.36. The lowest BCUT2D eigenvalue weighted by atomic mass is 10.1. The van der Waals surface area contributed by atoms with Crippen molar-refractivity contribution in [3.05, 3.63) is 72.4 Å². The Morgan fingerprint density at radius 1 is 1.11 bits per heavy atom. The average molecular weight is 591 g/mol. The van der Waals surface area contributed by atoms with Crippen LogP contribution in [0.4, 0.5) is 0 Å². The molecule has 0 amide bonds. The van der Waals surface area contributed by atoms with Gasteiger partial charge in [0.05, 0.1) is 15.1 Å². The summed E-state index contributed by atoms with van der Waals surface area (Å²) < 4.78 is 12.1. The monoisotopic (exact) mass is 591 g/mol. The minimum atomic E-state index is -1.48. The minimum Gasteiger partial charge on any atom is -0.545 e. The average Bonchev–Trinajstić information content (AvgIpc) is 2.61. The number of ether oxygens (including phenoxy) is 2. The van der Waals surface area contributed by atoms with Gasteiger partial charge >= 0.3 is 11.9 Å². The highest BCUT2D eigenvalue weighted by molar-refractivity contribution is 14.1. The topological polar surface area (TPSA) is 92.7 Å². The van der Waals surface area contributed by atoms with E-state index in [-0.39, 0.29) is 29.1 Å². The number of rotatable bonds is 6. The predicted octanol–water partition coefficient (Wildman–Crippen LogP) is 3.10. The molecule has 0 bridgehead atoms. The Balaban J connectivity index is 2.35. The lowest BCUT2D eigenvalue weighted by Crippen LogP contribution is -2.26. The summed E-state index contributed by atoms with van der Waals surface area (Å²) >= 11 is 4.08. The van der Waals surface area contributed by atoms with Crippen molar-refractivity contribution in [1.82, 2.24) is 0 Å². The molecule has 0 unspecified atom stereocenters. The van der Waals surface area contributed by atoms with Crippen LogP contribution in [0.5, 0.6) is 5.75 Å². The molecule has 140 valence electrons. The van der Waals surface area contributed by atoms with Gasteiger partial charge in [0.25, 0.3) is 0 Å². The highest BCUT2D eigenvalue weighted by atomic mass is 127. The van der Waals surface area contributed by atoms with Crippen LogP contribution in [0.2, 0.25) is 0 Å². The first kappa shape index (κ1) is 21.4. The van der Waals surface area contributed by atoms with Gasteiger partial charge in [-0.25, -0.2) is 9.59 Å². The maximum absolute atomic E-state index is 12.5. The van der Waals surface area contributed by atoms with Crippen molar-refractivity contribution in [3.8, 4) is 5.75 Å². The van der Waals surface area contributed by atoms with Crippen molar-refractivity contribution in [1.29, 1.82) is 0 Å². The molecule has 8 heteroatoms. The maximum atomic E-state index is 12.5. The predicted molar refractivity (Wildman–Crippen MR) is 112 cm³/mol. The fraction of sp³-hybridized carbons (Fsp3) is 0.105. The summed E-state index contributed by atoms with van der Waals surface area (Å²) in [7, 11) is 0. The lowest BCUT2D eigenvalue weighted by Gasteiger charge is -2.15. The molecule has 0 N–H and O–H groups in total. The molecule has 0 saturated carbocycles. The summed E-state index contributed by atoms with van der Waals surface area (Å²) in [6.45, 7) is 4.92. The van der Waals surface area contributed by atoms with Gasteiger partial charge in [-0.15, -0.1) is 0 Å². The number of halogens is 2. The molecule has 0 aliphatic rings. The van der Waals surface area contributed by atoms with Gasteiger partial charge in [0.2, 0.25) is 0 Å². The number of esters is 2. The fourth-order valence-electron chi connectivity index (χ4n) is 2.09. The van der Waals surface area contributed by atoms with E-state index in [1.165, 1.54) is 31.2 Å². The highest BCUT2D eigenvalue weighted by Crippen LogP contribution is 2.30. The van der Waals surface area contributed by atoms with Crippen LogP contribution in [-0.4, -0.2) is 17.9 Å². The maximum Gasteiger partial charge on any atom is 0.344 e. The number of carboxylic acids is 1. The smallest absolute Gasteiger partial charge is 0.344 e. The second kappa shape index (κ2) is 9.31. The number of carbonyl (C=O) groups is 3. The summed E-state index contributed by atoms with van der Waals surface area (Å²) in [5.41, 5.74) is 0.326. The van der Waals surface area contributed by atoms with Crippen LogP contribution in [0, 0.1) is 7.14 Å². The van der Waals surface area contributed by atoms with E-state index in [2.05, 4.69) is 29.2 Å². The molecule has 0 fully saturated rings. The van der Waals surface area contributed by atoms with Crippen LogP contribution < -0.4 is 9.84 Å². The van der Waals surface area contributed by atoms with Crippen molar-refractivity contribution in [3.63, 3.8) is 0 Å². The summed E-state index contributed by atoms with van der Waals surface area (Å²) in [6.07, 6.45) is 0. The van der Waals surface area contributed by atoms with Gasteiger partial charge in [0.15, 0.2) is 5.75 Å². The van der Waals surface area contributed by atoms with Crippen molar-refractivity contribution in [2.45, 2.75) is 13.5 Å². The molecule has 2 aromatic carbocycles. The molecule has 0 heterocycles. The summed E-state index contributed by atoms with van der Waals surface area (Å²) in [5, 5.41) is 11.2. The molecule has 0 aliphatic heterocycles. The molecule has 0 radical (unpaired) electrons. The van der Waals surface area contributed by atoms with Crippen LogP contribution in [0.15, 0.2) is 48.6 Å². The van der Waals surface area contributed by atoms with Crippen LogP contribution in [0.1, 0.15) is 33.2 Å². The number of hydrogen-bond acceptors (Lipinski definition) is 6. The first-order valence-electron chi connectivity index (χ1n) is 7.53. The van der Waals surface area contributed by atoms with Crippen molar-refractivity contribution in [2.75, 3.05) is 0 Å². The lowest BCUT2D eigenvalue weighted by molar-refractivity contribution is -0.255. The number of benzene rings is 2. The van der Waals surface area contributed by atoms with E-state index in [1.807, 2.05) is 22.6 Å². The van der Waals surface area contributed by atoms with Crippen LogP contribution in [-0.2, 0) is 16.1 Å². The Morgan fingerprint density at radius 3 is 2.33 bits per heavy atom. The van der Waals surface area contributed by atoms with Gasteiger partial charge in [0.1, 0.15) is 6.61 Å². The molecule has 2 rings (SSSR count). The van der Waals surface area contributed by atoms with E-state index < -0.39 is 17.9 Å². The first-order chi connectivity index (χ1) is 12.7. The Bertz CT molecular complexity index is 936. The van der Waals surface area contributed by atoms with Gasteiger partial charge in [-0.2, -0.15) is 0 Å². The van der Waals surface area contributed by atoms with E-state index in [0.29, 0.717) is 9.13 Å². The van der Waals surface area contributed by atoms with Crippen molar-refractivity contribution >= 4 is 63.1 Å². The summed E-state index contributed by atoms with van der Waals surface area (Å²) in [5.74, 6) is -2.69. The first-order valence-corrected chi connectivity index (χ1v) is 9.69. The Labute approximate surface area is 182 Å². The third-order valence-electron chi connectivity index (χ3n) is 3.35. The van der Waals surface area contributed by atoms with E-state index in [0.717, 1.165) is 3.57 Å². The zero-order valence-corrected chi connectivity index (χ0v) is 18.4. The van der Waals surface area contributed by atoms with E-state index >= 15 is 0 Å². The number of aromatic carboxylic acids is 1. The minimum absolute atomic E-state index is 0.122. The standard InChI is InChI=1S/C19H14I2O6/c1-10(2)18(24)26-9-11-7-12(20)8-15(21)16(11)27-19(25)14-6-4-3-5-13(14)17(22)23/h3-8H,1,9H2,2H3,(H,22,23)/p-1. The number of carbonyl (C=O) groups excluding carboxylic acids is 3. The zero-order valence-electron chi connectivity index (χ0n) is 14.1. The van der Waals surface area contributed by atoms with Gasteiger partial charge in [-0.3, -0.25) is 0 Å². The molecule has 0 spiro atoms. The molecule has 2 aromatic rings. The van der Waals surface area contributed by atoms with Crippen molar-refractivity contribution in [2.24, 2.45) is 0 Å². The van der Waals surface area contributed by atoms with E-state index in [4.69, 9.17) is 9.47 Å². The summed E-state index contributed by atoms with van der Waals surface area (Å²) in [6, 6.07) is 9.10. The Morgan fingerprint density at radius 2 is 1.74 bits per heavy atom. The number of carboxylic acid groups (broad SMARTS) is 1. The Hall–Kier alpha value is -1.95. The second-order valence-electron chi connectivity index (χ2n) is 5.45. The van der Waals surface area contributed by atoms with Gasteiger partial charge in [0, 0.05) is 20.3 Å². The molecular weight excluding hydrogens is 578 g/mol. The van der Waals surface area contributed by atoms with Crippen molar-refractivity contribution < 1.29 is 29.0 Å². The molecular formula is C19H13I2O6-. The largest absolute Gasteiger partial charge is 0.545 e. The van der Waals surface area contributed by atoms with Crippen LogP contribution in [0.25, 0.3) is 0 Å². The molecule has 27 heavy (non-hydrogen) atoms. The molecule has 6 nitrogen and oxygen atoms in total. The normalized spacial score (nSPS) is 10.2. The van der Waals surface area contributed by atoms with Crippen LogP contribution in [0.3, 0.4) is 0 Å². The molecule has 0 aliphatic carbocycles. The fourth-order valence-corrected chi connectivity index (χ4v) is 4.16. The molecule has 0 saturated heterocycles. The molecule has 0 aromatic heterocycles. The van der Waals surface area contributed by atoms with Gasteiger partial charge < -0.3 is 19.4 Å². The van der Waals surface area contributed by atoms with Crippen LogP contribution >= 0.6 is 45.2 Å². The third kappa shape index (κ3) is 5.51. The zero-order chi connectivity index (χ0) is 20.1. The molecule has 0 atom stereocenters. The van der Waals surface area contributed by atoms with Gasteiger partial charge in [-0.05, 0) is 70.3 Å². The van der Waals surface area contributed by atoms with Gasteiger partial charge in [-0.1, -0.05) is 24.8 Å². The summed E-state index contributed by atoms with van der Waals surface area (Å²) in [4.78, 5) is 35.4. The highest BCUT2D eigenvalue weighted by Gasteiger charge is 2.19. The third-order valence-corrected chi connectivity index (χ3v) is 4.78. The quantitative estimate of drug-likeness (QED) is 0.222. The van der Waals surface area contributed by atoms with E-state index in [1.54, 1.807) is 12.1 Å². The van der Waals surface area contributed by atoms with E-state index in [9.17, 15) is 19.5 Å². The second-order valence-corrected chi connectivity index (χ2v) is 7.86. The number of hydrogen-bond donors (Lipinski definition) is 0. The SMILES string of the molecule is C=C(C)C(=O)OCc1cc(I)cc(I)c1OC(=O)c1ccccc1C(=O)[O-].